The van der Waals surface area contributed by atoms with Crippen LogP contribution in [0.25, 0.3) is 11.0 Å². The Bertz CT molecular complexity index is 799. The average Bonchev–Trinajstić information content (AvgIpc) is 3.04. The fourth-order valence-corrected chi connectivity index (χ4v) is 2.91. The molecule has 128 valence electrons. The number of fused-ring (bicyclic) bond motifs is 1. The lowest BCUT2D eigenvalue weighted by atomic mass is 9.96. The van der Waals surface area contributed by atoms with Crippen molar-refractivity contribution in [1.29, 1.82) is 5.26 Å². The van der Waals surface area contributed by atoms with Gasteiger partial charge in [0.15, 0.2) is 12.0 Å². The van der Waals surface area contributed by atoms with Crippen LogP contribution in [0.3, 0.4) is 0 Å². The number of ether oxygens (including phenoxy) is 1. The molecule has 0 bridgehead atoms. The van der Waals surface area contributed by atoms with Crippen molar-refractivity contribution in [3.05, 3.63) is 18.1 Å². The van der Waals surface area contributed by atoms with Gasteiger partial charge >= 0.3 is 0 Å². The number of hydrogen-bond donors (Lipinski definition) is 4. The number of rotatable bonds is 4. The molecule has 2 aromatic heterocycles. The summed E-state index contributed by atoms with van der Waals surface area (Å²) in [7, 11) is 1.41. The first-order valence-corrected chi connectivity index (χ1v) is 7.17. The molecule has 2 aromatic rings. The van der Waals surface area contributed by atoms with Crippen molar-refractivity contribution in [2.75, 3.05) is 19.2 Å². The molecule has 3 rings (SSSR count). The van der Waals surface area contributed by atoms with Gasteiger partial charge in [0.25, 0.3) is 0 Å². The SMILES string of the molecule is CONc1ncnc2c1c(C#N)cn2C1O[C@H](CO)[C@@H](O)[C@@]1(C)O. The van der Waals surface area contributed by atoms with E-state index < -0.39 is 30.6 Å². The molecule has 4 N–H and O–H groups in total. The monoisotopic (exact) mass is 335 g/mol. The molecule has 1 aliphatic rings. The van der Waals surface area contributed by atoms with E-state index in [9.17, 15) is 20.6 Å². The summed E-state index contributed by atoms with van der Waals surface area (Å²) in [5.74, 6) is 0.287. The Balaban J connectivity index is 2.18. The highest BCUT2D eigenvalue weighted by Gasteiger charge is 2.53. The topological polar surface area (TPSA) is 146 Å². The lowest BCUT2D eigenvalue weighted by Gasteiger charge is -2.27. The van der Waals surface area contributed by atoms with Crippen LogP contribution in [0.15, 0.2) is 12.5 Å². The second kappa shape index (κ2) is 5.97. The lowest BCUT2D eigenvalue weighted by molar-refractivity contribution is -0.0948. The van der Waals surface area contributed by atoms with Crippen LogP contribution in [0.4, 0.5) is 5.82 Å². The van der Waals surface area contributed by atoms with Crippen molar-refractivity contribution >= 4 is 16.9 Å². The van der Waals surface area contributed by atoms with Gasteiger partial charge in [-0.1, -0.05) is 0 Å². The van der Waals surface area contributed by atoms with Gasteiger partial charge in [0, 0.05) is 6.20 Å². The zero-order valence-electron chi connectivity index (χ0n) is 13.0. The van der Waals surface area contributed by atoms with E-state index in [4.69, 9.17) is 9.57 Å². The van der Waals surface area contributed by atoms with Gasteiger partial charge in [-0.2, -0.15) is 5.26 Å². The van der Waals surface area contributed by atoms with E-state index in [0.29, 0.717) is 11.0 Å². The van der Waals surface area contributed by atoms with Crippen LogP contribution in [-0.4, -0.2) is 61.4 Å². The van der Waals surface area contributed by atoms with Crippen molar-refractivity contribution in [3.63, 3.8) is 0 Å². The van der Waals surface area contributed by atoms with Crippen LogP contribution in [-0.2, 0) is 9.57 Å². The largest absolute Gasteiger partial charge is 0.394 e. The number of hydrogen-bond acceptors (Lipinski definition) is 9. The van der Waals surface area contributed by atoms with E-state index >= 15 is 0 Å². The van der Waals surface area contributed by atoms with Gasteiger partial charge in [0.2, 0.25) is 0 Å². The number of aliphatic hydroxyl groups is 3. The Morgan fingerprint density at radius 2 is 2.29 bits per heavy atom. The summed E-state index contributed by atoms with van der Waals surface area (Å²) < 4.78 is 7.02. The quantitative estimate of drug-likeness (QED) is 0.531. The highest BCUT2D eigenvalue weighted by molar-refractivity contribution is 5.92. The van der Waals surface area contributed by atoms with Crippen LogP contribution in [0.2, 0.25) is 0 Å². The molecule has 1 saturated heterocycles. The molecule has 0 aromatic carbocycles. The van der Waals surface area contributed by atoms with Crippen LogP contribution < -0.4 is 5.48 Å². The molecule has 24 heavy (non-hydrogen) atoms. The molecule has 10 heteroatoms. The fraction of sp³-hybridized carbons (Fsp3) is 0.500. The minimum atomic E-state index is -1.69. The Kier molecular flexibility index (Phi) is 4.12. The van der Waals surface area contributed by atoms with Gasteiger partial charge in [-0.15, -0.1) is 0 Å². The summed E-state index contributed by atoms with van der Waals surface area (Å²) >= 11 is 0. The Hall–Kier alpha value is -2.29. The maximum atomic E-state index is 10.6. The molecule has 1 unspecified atom stereocenters. The molecule has 10 nitrogen and oxygen atoms in total. The van der Waals surface area contributed by atoms with Gasteiger partial charge in [0.05, 0.1) is 24.7 Å². The molecule has 0 saturated carbocycles. The zero-order valence-corrected chi connectivity index (χ0v) is 13.0. The first-order chi connectivity index (χ1) is 11.5. The van der Waals surface area contributed by atoms with Gasteiger partial charge < -0.3 is 24.6 Å². The number of anilines is 1. The summed E-state index contributed by atoms with van der Waals surface area (Å²) in [6.45, 7) is 0.939. The highest BCUT2D eigenvalue weighted by Crippen LogP contribution is 2.40. The Morgan fingerprint density at radius 1 is 1.54 bits per heavy atom. The average molecular weight is 335 g/mol. The fourth-order valence-electron chi connectivity index (χ4n) is 2.91. The Labute approximate surface area is 136 Å². The van der Waals surface area contributed by atoms with E-state index in [1.807, 2.05) is 6.07 Å². The lowest BCUT2D eigenvalue weighted by Crippen LogP contribution is -2.44. The standard InChI is InChI=1S/C14H17N5O5/c1-14(22)10(21)8(5-20)24-13(14)19-4-7(3-15)9-11(18-23-2)16-6-17-12(9)19/h4,6,8,10,13,20-22H,5H2,1-2H3,(H,16,17,18)/t8-,10-,13?,14-/m1/s1. The van der Waals surface area contributed by atoms with Crippen molar-refractivity contribution in [3.8, 4) is 6.07 Å². The molecular formula is C14H17N5O5. The second-order valence-electron chi connectivity index (χ2n) is 5.67. The van der Waals surface area contributed by atoms with E-state index in [2.05, 4.69) is 15.4 Å². The number of aromatic nitrogens is 3. The van der Waals surface area contributed by atoms with Crippen LogP contribution in [0.5, 0.6) is 0 Å². The first kappa shape index (κ1) is 16.6. The molecule has 4 atom stereocenters. The van der Waals surface area contributed by atoms with Crippen LogP contribution in [0.1, 0.15) is 18.7 Å². The predicted molar refractivity (Wildman–Crippen MR) is 80.5 cm³/mol. The number of nitrogens with zero attached hydrogens (tertiary/aromatic N) is 4. The number of nitriles is 1. The van der Waals surface area contributed by atoms with Crippen LogP contribution >= 0.6 is 0 Å². The van der Waals surface area contributed by atoms with Crippen molar-refractivity contribution in [1.82, 2.24) is 14.5 Å². The summed E-state index contributed by atoms with van der Waals surface area (Å²) in [5, 5.41) is 39.8. The van der Waals surface area contributed by atoms with E-state index in [1.165, 1.54) is 31.1 Å². The van der Waals surface area contributed by atoms with E-state index in [0.717, 1.165) is 0 Å². The molecule has 0 radical (unpaired) electrons. The normalized spacial score (nSPS) is 29.8. The molecule has 1 aliphatic heterocycles. The molecule has 1 fully saturated rings. The van der Waals surface area contributed by atoms with Gasteiger partial charge in [-0.05, 0) is 6.92 Å². The molecule has 0 amide bonds. The third-order valence-electron chi connectivity index (χ3n) is 4.12. The number of nitrogens with one attached hydrogen (secondary N) is 1. The van der Waals surface area contributed by atoms with Crippen molar-refractivity contribution in [2.45, 2.75) is 31.0 Å². The molecule has 3 heterocycles. The van der Waals surface area contributed by atoms with E-state index in [1.54, 1.807) is 0 Å². The smallest absolute Gasteiger partial charge is 0.167 e. The van der Waals surface area contributed by atoms with Gasteiger partial charge in [0.1, 0.15) is 35.9 Å². The summed E-state index contributed by atoms with van der Waals surface area (Å²) in [5.41, 5.74) is 1.44. The van der Waals surface area contributed by atoms with Crippen LogP contribution in [0, 0.1) is 11.3 Å². The maximum absolute atomic E-state index is 10.6. The molecular weight excluding hydrogens is 318 g/mol. The van der Waals surface area contributed by atoms with E-state index in [-0.39, 0.29) is 11.4 Å². The number of aliphatic hydroxyl groups excluding tert-OH is 2. The third-order valence-corrected chi connectivity index (χ3v) is 4.12. The van der Waals surface area contributed by atoms with Gasteiger partial charge in [-0.25, -0.2) is 15.4 Å². The minimum absolute atomic E-state index is 0.242. The predicted octanol–water partition coefficient (Wildman–Crippen LogP) is -0.722. The summed E-state index contributed by atoms with van der Waals surface area (Å²) in [4.78, 5) is 13.0. The second-order valence-corrected chi connectivity index (χ2v) is 5.67. The van der Waals surface area contributed by atoms with Crippen molar-refractivity contribution < 1.29 is 24.9 Å². The molecule has 0 aliphatic carbocycles. The van der Waals surface area contributed by atoms with Gasteiger partial charge in [-0.3, -0.25) is 4.84 Å². The Morgan fingerprint density at radius 3 is 2.88 bits per heavy atom. The first-order valence-electron chi connectivity index (χ1n) is 7.17. The highest BCUT2D eigenvalue weighted by atomic mass is 16.6. The minimum Gasteiger partial charge on any atom is -0.394 e. The zero-order chi connectivity index (χ0) is 17.5. The third kappa shape index (κ3) is 2.31. The maximum Gasteiger partial charge on any atom is 0.167 e. The molecule has 0 spiro atoms. The summed E-state index contributed by atoms with van der Waals surface area (Å²) in [6.07, 6.45) is -0.573. The van der Waals surface area contributed by atoms with Crippen molar-refractivity contribution in [2.24, 2.45) is 0 Å². The summed E-state index contributed by atoms with van der Waals surface area (Å²) in [6, 6.07) is 2.03.